The number of esters is 1. The van der Waals surface area contributed by atoms with Crippen molar-refractivity contribution in [1.82, 2.24) is 10.2 Å². The molecule has 1 aliphatic heterocycles. The third-order valence-corrected chi connectivity index (χ3v) is 5.98. The van der Waals surface area contributed by atoms with Crippen molar-refractivity contribution in [2.24, 2.45) is 0 Å². The van der Waals surface area contributed by atoms with Crippen LogP contribution in [0.5, 0.6) is 0 Å². The number of anilines is 1. The number of rotatable bonds is 8. The number of urea groups is 1. The van der Waals surface area contributed by atoms with E-state index in [1.54, 1.807) is 13.8 Å². The van der Waals surface area contributed by atoms with Crippen molar-refractivity contribution in [2.45, 2.75) is 32.2 Å². The Balaban J connectivity index is 1.96. The predicted octanol–water partition coefficient (Wildman–Crippen LogP) is 5.53. The molecule has 0 saturated carbocycles. The summed E-state index contributed by atoms with van der Waals surface area (Å²) in [5.74, 6) is -1.97. The Morgan fingerprint density at radius 1 is 1.00 bits per heavy atom. The molecule has 0 bridgehead atoms. The summed E-state index contributed by atoms with van der Waals surface area (Å²) in [7, 11) is 1.42. The van der Waals surface area contributed by atoms with Gasteiger partial charge < -0.3 is 20.1 Å². The molecule has 216 valence electrons. The number of halogens is 6. The number of hydrogen-bond donors (Lipinski definition) is 2. The summed E-state index contributed by atoms with van der Waals surface area (Å²) in [6.07, 6.45) is -10.2. The number of carbonyl (C=O) groups excluding carboxylic acids is 3. The highest BCUT2D eigenvalue weighted by Gasteiger charge is 2.38. The number of carbonyl (C=O) groups is 3. The van der Waals surface area contributed by atoms with Gasteiger partial charge in [-0.05, 0) is 49.7 Å². The van der Waals surface area contributed by atoms with Crippen molar-refractivity contribution in [1.29, 1.82) is 0 Å². The van der Waals surface area contributed by atoms with Crippen LogP contribution in [0.2, 0.25) is 0 Å². The number of nitrogens with zero attached hydrogens (tertiary/aromatic N) is 1. The summed E-state index contributed by atoms with van der Waals surface area (Å²) < 4.78 is 89.4. The van der Waals surface area contributed by atoms with Gasteiger partial charge in [-0.15, -0.1) is 0 Å². The number of alkyl halides is 6. The van der Waals surface area contributed by atoms with Gasteiger partial charge >= 0.3 is 24.4 Å². The fourth-order valence-corrected chi connectivity index (χ4v) is 4.06. The Morgan fingerprint density at radius 3 is 2.17 bits per heavy atom. The van der Waals surface area contributed by atoms with Crippen LogP contribution in [-0.4, -0.2) is 49.7 Å². The number of allylic oxidation sites excluding steroid dienone is 1. The van der Waals surface area contributed by atoms with Crippen LogP contribution < -0.4 is 10.6 Å². The van der Waals surface area contributed by atoms with E-state index in [-0.39, 0.29) is 37.1 Å². The first-order valence-corrected chi connectivity index (χ1v) is 11.8. The Morgan fingerprint density at radius 2 is 1.62 bits per heavy atom. The second-order valence-electron chi connectivity index (χ2n) is 8.63. The highest BCUT2D eigenvalue weighted by molar-refractivity contribution is 6.04. The van der Waals surface area contributed by atoms with Crippen molar-refractivity contribution in [3.63, 3.8) is 0 Å². The second-order valence-corrected chi connectivity index (χ2v) is 8.63. The van der Waals surface area contributed by atoms with E-state index in [1.165, 1.54) is 36.3 Å². The van der Waals surface area contributed by atoms with Gasteiger partial charge in [-0.2, -0.15) is 26.3 Å². The van der Waals surface area contributed by atoms with Crippen LogP contribution in [-0.2, 0) is 26.6 Å². The van der Waals surface area contributed by atoms with Gasteiger partial charge in [0.25, 0.3) is 5.91 Å². The zero-order valence-corrected chi connectivity index (χ0v) is 21.5. The van der Waals surface area contributed by atoms with Gasteiger partial charge in [0.1, 0.15) is 6.61 Å². The minimum absolute atomic E-state index is 0.00889. The van der Waals surface area contributed by atoms with Crippen LogP contribution in [0, 0.1) is 0 Å². The average molecular weight is 573 g/mol. The fraction of sp³-hybridized carbons (Fsp3) is 0.346. The third-order valence-electron chi connectivity index (χ3n) is 5.98. The second kappa shape index (κ2) is 12.0. The van der Waals surface area contributed by atoms with Crippen LogP contribution >= 0.6 is 0 Å². The van der Waals surface area contributed by atoms with E-state index in [2.05, 4.69) is 10.6 Å². The van der Waals surface area contributed by atoms with E-state index in [9.17, 15) is 40.7 Å². The SMILES string of the molecule is CCN1C(=O)N[C@H](c2cccc(NC(=O)c3cc(C(F)(F)F)cc(C(F)(F)F)c3)c2)C(C(=O)OCCOC)=C1C. The van der Waals surface area contributed by atoms with E-state index in [4.69, 9.17) is 9.47 Å². The molecule has 0 fully saturated rings. The summed E-state index contributed by atoms with van der Waals surface area (Å²) in [6.45, 7) is 3.56. The smallest absolute Gasteiger partial charge is 0.416 e. The summed E-state index contributed by atoms with van der Waals surface area (Å²) in [5.41, 5.74) is -3.45. The summed E-state index contributed by atoms with van der Waals surface area (Å²) in [6, 6.07) is 4.62. The Hall–Kier alpha value is -4.07. The highest BCUT2D eigenvalue weighted by atomic mass is 19.4. The summed E-state index contributed by atoms with van der Waals surface area (Å²) in [4.78, 5) is 39.7. The molecule has 2 aromatic carbocycles. The quantitative estimate of drug-likeness (QED) is 0.246. The topological polar surface area (TPSA) is 97.0 Å². The minimum atomic E-state index is -5.12. The molecule has 1 aliphatic rings. The molecule has 0 saturated heterocycles. The van der Waals surface area contributed by atoms with Crippen LogP contribution in [0.25, 0.3) is 0 Å². The number of ether oxygens (including phenoxy) is 2. The van der Waals surface area contributed by atoms with Crippen LogP contribution in [0.4, 0.5) is 36.8 Å². The maximum atomic E-state index is 13.2. The van der Waals surface area contributed by atoms with Gasteiger partial charge in [0.15, 0.2) is 0 Å². The van der Waals surface area contributed by atoms with E-state index >= 15 is 0 Å². The summed E-state index contributed by atoms with van der Waals surface area (Å²) in [5, 5.41) is 4.96. The molecule has 14 heteroatoms. The first-order chi connectivity index (χ1) is 18.7. The predicted molar refractivity (Wildman–Crippen MR) is 130 cm³/mol. The molecule has 2 N–H and O–H groups in total. The molecular formula is C26H25F6N3O5. The molecule has 0 aromatic heterocycles. The molecule has 3 rings (SSSR count). The van der Waals surface area contributed by atoms with Crippen molar-refractivity contribution in [2.75, 3.05) is 32.2 Å². The van der Waals surface area contributed by atoms with Gasteiger partial charge in [-0.1, -0.05) is 12.1 Å². The third kappa shape index (κ3) is 6.92. The summed E-state index contributed by atoms with van der Waals surface area (Å²) >= 11 is 0. The molecule has 0 aliphatic carbocycles. The molecule has 0 radical (unpaired) electrons. The van der Waals surface area contributed by atoms with Crippen molar-refractivity contribution in [3.05, 3.63) is 76.0 Å². The Kier molecular flexibility index (Phi) is 9.13. The van der Waals surface area contributed by atoms with E-state index in [0.717, 1.165) is 0 Å². The minimum Gasteiger partial charge on any atom is -0.460 e. The zero-order chi connectivity index (χ0) is 29.8. The first kappa shape index (κ1) is 30.5. The first-order valence-electron chi connectivity index (χ1n) is 11.8. The van der Waals surface area contributed by atoms with Crippen LogP contribution in [0.3, 0.4) is 0 Å². The molecule has 3 amide bonds. The van der Waals surface area contributed by atoms with Crippen LogP contribution in [0.1, 0.15) is 46.9 Å². The van der Waals surface area contributed by atoms with E-state index in [1.807, 2.05) is 0 Å². The number of nitrogens with one attached hydrogen (secondary N) is 2. The molecule has 1 heterocycles. The maximum Gasteiger partial charge on any atom is 0.416 e. The molecule has 2 aromatic rings. The standard InChI is InChI=1S/C26H25F6N3O5/c1-4-35-14(2)20(23(37)40-9-8-39-3)21(34-24(35)38)15-6-5-7-19(12-15)33-22(36)16-10-17(25(27,28)29)13-18(11-16)26(30,31)32/h5-7,10-13,21H,4,8-9H2,1-3H3,(H,33,36)(H,34,38)/t21-/m1/s1. The lowest BCUT2D eigenvalue weighted by molar-refractivity contribution is -0.143. The van der Waals surface area contributed by atoms with Crippen molar-refractivity contribution < 1.29 is 50.2 Å². The van der Waals surface area contributed by atoms with Gasteiger partial charge in [-0.25, -0.2) is 9.59 Å². The average Bonchev–Trinajstić information content (AvgIpc) is 2.87. The molecule has 40 heavy (non-hydrogen) atoms. The molecular weight excluding hydrogens is 548 g/mol. The Labute approximate surface area is 224 Å². The van der Waals surface area contributed by atoms with Gasteiger partial charge in [0, 0.05) is 30.6 Å². The number of methoxy groups -OCH3 is 1. The van der Waals surface area contributed by atoms with Gasteiger partial charge in [0.05, 0.1) is 29.3 Å². The number of benzene rings is 2. The number of hydrogen-bond acceptors (Lipinski definition) is 5. The zero-order valence-electron chi connectivity index (χ0n) is 21.5. The van der Waals surface area contributed by atoms with Crippen LogP contribution in [0.15, 0.2) is 53.7 Å². The lowest BCUT2D eigenvalue weighted by Crippen LogP contribution is -2.48. The lowest BCUT2D eigenvalue weighted by Gasteiger charge is -2.35. The van der Waals surface area contributed by atoms with Crippen molar-refractivity contribution >= 4 is 23.6 Å². The molecule has 1 atom stereocenters. The van der Waals surface area contributed by atoms with E-state index < -0.39 is 53.0 Å². The maximum absolute atomic E-state index is 13.2. The largest absolute Gasteiger partial charge is 0.460 e. The van der Waals surface area contributed by atoms with Gasteiger partial charge in [-0.3, -0.25) is 9.69 Å². The Bertz CT molecular complexity index is 1290. The van der Waals surface area contributed by atoms with Gasteiger partial charge in [0.2, 0.25) is 0 Å². The number of amides is 3. The lowest BCUT2D eigenvalue weighted by atomic mass is 9.94. The molecule has 8 nitrogen and oxygen atoms in total. The molecule has 0 unspecified atom stereocenters. The van der Waals surface area contributed by atoms with Crippen molar-refractivity contribution in [3.8, 4) is 0 Å². The highest BCUT2D eigenvalue weighted by Crippen LogP contribution is 2.37. The normalized spacial score (nSPS) is 16.1. The molecule has 0 spiro atoms. The fourth-order valence-electron chi connectivity index (χ4n) is 4.06. The van der Waals surface area contributed by atoms with E-state index in [0.29, 0.717) is 23.4 Å². The monoisotopic (exact) mass is 573 g/mol.